The Morgan fingerprint density at radius 2 is 0.684 bits per heavy atom. The summed E-state index contributed by atoms with van der Waals surface area (Å²) >= 11 is 0. The monoisotopic (exact) mass is 614 g/mol. The molecule has 0 N–H and O–H groups in total. The first-order chi connectivity index (χ1) is 14.4. The molecule has 2 aromatic rings. The van der Waals surface area contributed by atoms with E-state index in [0.29, 0.717) is 0 Å². The van der Waals surface area contributed by atoms with Crippen LogP contribution in [0.25, 0.3) is 0 Å². The normalized spacial score (nSPS) is 10.4. The molecule has 2 atom stereocenters. The number of quaternary nitrogens is 2. The summed E-state index contributed by atoms with van der Waals surface area (Å²) in [6, 6.07) is 15.7. The molecule has 2 aromatic carbocycles. The van der Waals surface area contributed by atoms with Crippen LogP contribution >= 0.6 is 0 Å². The smallest absolute Gasteiger partial charge is 0.0675 e. The Morgan fingerprint density at radius 1 is 0.526 bits per heavy atom. The van der Waals surface area contributed by atoms with Crippen LogP contribution in [0.3, 0.4) is 0 Å². The van der Waals surface area contributed by atoms with Gasteiger partial charge in [-0.2, -0.15) is 0 Å². The average molecular weight is 614 g/mol. The number of benzene rings is 2. The molecule has 0 fully saturated rings. The van der Waals surface area contributed by atoms with Gasteiger partial charge in [-0.15, -0.1) is 0 Å². The molecule has 0 aliphatic heterocycles. The summed E-state index contributed by atoms with van der Waals surface area (Å²) in [7, 11) is 17.0. The molecule has 0 unspecified atom stereocenters. The maximum Gasteiger partial charge on any atom is 0.0675 e. The van der Waals surface area contributed by atoms with E-state index in [1.165, 1.54) is 24.3 Å². The van der Waals surface area contributed by atoms with Crippen LogP contribution in [0, 0.1) is 0 Å². The van der Waals surface area contributed by atoms with Crippen molar-refractivity contribution in [3.8, 4) is 0 Å². The van der Waals surface area contributed by atoms with Crippen LogP contribution in [-0.2, 0) is 68.6 Å². The third-order valence-corrected chi connectivity index (χ3v) is 2.63. The molecule has 0 amide bonds. The third kappa shape index (κ3) is 41.4. The minimum atomic E-state index is -1.77. The van der Waals surface area contributed by atoms with Crippen LogP contribution in [0.15, 0.2) is 60.7 Å². The van der Waals surface area contributed by atoms with Gasteiger partial charge in [-0.1, -0.05) is 84.0 Å². The Balaban J connectivity index is -0.0000000529. The average Bonchev–Trinajstić information content (AvgIpc) is 2.66. The zero-order valence-corrected chi connectivity index (χ0v) is 25.6. The zero-order valence-electron chi connectivity index (χ0n) is 22.8. The number of hydrogen-bond acceptors (Lipinski definition) is 6. The number of carbonyl (C=O) groups is 2. The molecule has 0 bridgehead atoms. The van der Waals surface area contributed by atoms with Gasteiger partial charge in [0.2, 0.25) is 0 Å². The maximum absolute atomic E-state index is 10.8. The maximum atomic E-state index is 10.8. The largest absolute Gasteiger partial charge is 2.00 e. The van der Waals surface area contributed by atoms with Gasteiger partial charge in [0.05, 0.1) is 56.4 Å². The van der Waals surface area contributed by atoms with Gasteiger partial charge >= 0.3 is 0 Å². The summed E-state index contributed by atoms with van der Waals surface area (Å²) in [5.41, 5.74) is 0.458. The summed E-state index contributed by atoms with van der Waals surface area (Å²) in [6.07, 6.45) is -3.53. The first-order valence-corrected chi connectivity index (χ1v) is 9.84. The van der Waals surface area contributed by atoms with Gasteiger partial charge in [-0.3, -0.25) is 0 Å². The first kappa shape index (κ1) is 56.4. The van der Waals surface area contributed by atoms with Gasteiger partial charge in [0, 0.05) is 49.0 Å². The SMILES string of the molecule is C[N+](C)(C)C.C[N+](C)(C)C.O=C([O-])[C@H]([O-])c1ccccc1.O=C([O-])[C@H]([O-])c1ccccc1.[O-2].[O-2].[O-2].[O-2].[V].[V]. The predicted molar refractivity (Wildman–Crippen MR) is 119 cm³/mol. The molecule has 38 heavy (non-hydrogen) atoms. The molecule has 0 spiro atoms. The second kappa shape index (κ2) is 28.2. The van der Waals surface area contributed by atoms with E-state index in [-0.39, 0.29) is 70.1 Å². The van der Waals surface area contributed by atoms with Crippen LogP contribution in [0.4, 0.5) is 0 Å². The molecule has 0 heterocycles. The second-order valence-corrected chi connectivity index (χ2v) is 9.59. The van der Waals surface area contributed by atoms with Gasteiger partial charge in [0.25, 0.3) is 0 Å². The quantitative estimate of drug-likeness (QED) is 0.347. The molecule has 0 aliphatic carbocycles. The number of carboxylic acids is 2. The van der Waals surface area contributed by atoms with Crippen molar-refractivity contribution in [2.45, 2.75) is 12.2 Å². The van der Waals surface area contributed by atoms with Crippen molar-refractivity contribution in [3.05, 3.63) is 71.8 Å². The van der Waals surface area contributed by atoms with Gasteiger partial charge in [0.1, 0.15) is 0 Å². The number of carbonyl (C=O) groups excluding carboxylic acids is 2. The fourth-order valence-corrected chi connectivity index (χ4v) is 1.53. The van der Waals surface area contributed by atoms with Crippen molar-refractivity contribution < 1.29 is 98.0 Å². The standard InChI is InChI=1S/2C8H7O3.2C4H12N.4O.2V/c2*9-7(8(10)11)6-4-2-1-3-5-6;2*1-5(2,3)4;;;;;;/h2*1-5,7H,(H,10,11);2*1-4H3;;;;;;/q2*-1;2*+1;4*-2;;/p-2/t2*7-;;;;;;;;/m11......../s1. The van der Waals surface area contributed by atoms with E-state index < -0.39 is 24.1 Å². The fourth-order valence-electron chi connectivity index (χ4n) is 1.53. The Hall–Kier alpha value is -1.77. The number of carboxylic acid groups (broad SMARTS) is 2. The van der Waals surface area contributed by atoms with Crippen LogP contribution in [0.2, 0.25) is 0 Å². The fraction of sp³-hybridized carbons (Fsp3) is 0.417. The minimum absolute atomic E-state index is 0. The summed E-state index contributed by atoms with van der Waals surface area (Å²) in [6.45, 7) is 0. The number of nitrogens with zero attached hydrogens (tertiary/aromatic N) is 2. The van der Waals surface area contributed by atoms with Gasteiger partial charge in [0.15, 0.2) is 0 Å². The van der Waals surface area contributed by atoms with Crippen molar-refractivity contribution >= 4 is 11.9 Å². The van der Waals surface area contributed by atoms with Gasteiger partial charge in [-0.05, 0) is 0 Å². The van der Waals surface area contributed by atoms with E-state index in [2.05, 4.69) is 56.4 Å². The number of hydrogen-bond donors (Lipinski definition) is 0. The molecular weight excluding hydrogens is 578 g/mol. The summed E-state index contributed by atoms with van der Waals surface area (Å²) in [5.74, 6) is -3.17. The Labute approximate surface area is 249 Å². The van der Waals surface area contributed by atoms with E-state index in [1.54, 1.807) is 36.4 Å². The Kier molecular flexibility index (Phi) is 41.9. The molecule has 222 valence electrons. The molecular formula is C24H36N2O10V2-10. The van der Waals surface area contributed by atoms with Crippen molar-refractivity contribution in [1.29, 1.82) is 0 Å². The number of aliphatic carboxylic acids is 2. The van der Waals surface area contributed by atoms with Crippen LogP contribution in [0.5, 0.6) is 0 Å². The predicted octanol–water partition coefficient (Wildman–Crippen LogP) is -2.16. The number of rotatable bonds is 4. The summed E-state index contributed by atoms with van der Waals surface area (Å²) in [4.78, 5) is 20.2. The second-order valence-electron chi connectivity index (χ2n) is 9.59. The molecule has 0 aliphatic rings. The van der Waals surface area contributed by atoms with E-state index >= 15 is 0 Å². The van der Waals surface area contributed by atoms with Crippen molar-refractivity contribution in [2.75, 3.05) is 56.4 Å². The molecule has 0 saturated carbocycles. The minimum Gasteiger partial charge on any atom is -2.00 e. The van der Waals surface area contributed by atoms with Gasteiger partial charge in [-0.25, -0.2) is 0 Å². The zero-order chi connectivity index (χ0) is 25.5. The molecule has 0 saturated heterocycles. The summed E-state index contributed by atoms with van der Waals surface area (Å²) in [5, 5.41) is 41.7. The molecule has 2 rings (SSSR count). The van der Waals surface area contributed by atoms with Gasteiger partial charge < -0.3 is 60.9 Å². The first-order valence-electron chi connectivity index (χ1n) is 9.84. The van der Waals surface area contributed by atoms with Crippen LogP contribution in [-0.4, -0.2) is 77.3 Å². The van der Waals surface area contributed by atoms with E-state index in [1.807, 2.05) is 0 Å². The third-order valence-electron chi connectivity index (χ3n) is 2.63. The van der Waals surface area contributed by atoms with E-state index in [0.717, 1.165) is 8.97 Å². The van der Waals surface area contributed by atoms with Crippen molar-refractivity contribution in [1.82, 2.24) is 0 Å². The van der Waals surface area contributed by atoms with Crippen LogP contribution in [0.1, 0.15) is 23.3 Å². The van der Waals surface area contributed by atoms with Crippen molar-refractivity contribution in [3.63, 3.8) is 0 Å². The van der Waals surface area contributed by atoms with Crippen LogP contribution < -0.4 is 20.4 Å². The van der Waals surface area contributed by atoms with E-state index in [4.69, 9.17) is 0 Å². The summed E-state index contributed by atoms with van der Waals surface area (Å²) < 4.78 is 2.00. The molecule has 12 nitrogen and oxygen atoms in total. The molecule has 2 radical (unpaired) electrons. The topological polar surface area (TPSA) is 240 Å². The van der Waals surface area contributed by atoms with E-state index in [9.17, 15) is 30.0 Å². The molecule has 14 heteroatoms. The Bertz CT molecular complexity index is 709. The molecule has 0 aromatic heterocycles. The van der Waals surface area contributed by atoms with Crippen molar-refractivity contribution in [2.24, 2.45) is 0 Å². The Morgan fingerprint density at radius 3 is 0.816 bits per heavy atom.